The number of nitrogens with two attached hydrogens (primary N) is 1. The number of carbonyl (C=O) groups is 1. The third-order valence-electron chi connectivity index (χ3n) is 4.10. The normalized spacial score (nSPS) is 14.5. The summed E-state index contributed by atoms with van der Waals surface area (Å²) in [5, 5.41) is 5.66. The largest absolute Gasteiger partial charge is 0.453 e. The molecule has 1 saturated heterocycles. The highest BCUT2D eigenvalue weighted by molar-refractivity contribution is 14.0. The number of piperazine rings is 1. The predicted octanol–water partition coefficient (Wildman–Crippen LogP) is 2.58. The van der Waals surface area contributed by atoms with Gasteiger partial charge in [0.25, 0.3) is 0 Å². The number of anilines is 2. The van der Waals surface area contributed by atoms with E-state index < -0.39 is 6.09 Å². The summed E-state index contributed by atoms with van der Waals surface area (Å²) in [5.74, 6) is 0.556. The quantitative estimate of drug-likeness (QED) is 0.379. The predicted molar refractivity (Wildman–Crippen MR) is 119 cm³/mol. The summed E-state index contributed by atoms with van der Waals surface area (Å²) in [6.45, 7) is 3.93. The summed E-state index contributed by atoms with van der Waals surface area (Å²) in [6.07, 6.45) is 1.34. The van der Waals surface area contributed by atoms with E-state index in [2.05, 4.69) is 29.8 Å². The van der Waals surface area contributed by atoms with Gasteiger partial charge in [0.1, 0.15) is 0 Å². The zero-order chi connectivity index (χ0) is 18.4. The molecule has 146 valence electrons. The number of rotatable bonds is 4. The van der Waals surface area contributed by atoms with E-state index in [1.165, 1.54) is 7.11 Å². The minimum Gasteiger partial charge on any atom is -0.453 e. The van der Waals surface area contributed by atoms with E-state index in [1.807, 2.05) is 35.8 Å². The fourth-order valence-corrected chi connectivity index (χ4v) is 3.33. The van der Waals surface area contributed by atoms with E-state index in [9.17, 15) is 4.79 Å². The van der Waals surface area contributed by atoms with Crippen LogP contribution in [0.1, 0.15) is 5.56 Å². The Morgan fingerprint density at radius 2 is 2.00 bits per heavy atom. The van der Waals surface area contributed by atoms with Gasteiger partial charge in [0.15, 0.2) is 11.1 Å². The first-order valence-electron chi connectivity index (χ1n) is 8.29. The van der Waals surface area contributed by atoms with Gasteiger partial charge in [0.05, 0.1) is 13.7 Å². The lowest BCUT2D eigenvalue weighted by molar-refractivity contribution is 0.187. The van der Waals surface area contributed by atoms with Crippen molar-refractivity contribution in [3.8, 4) is 0 Å². The lowest BCUT2D eigenvalue weighted by atomic mass is 10.2. The summed E-state index contributed by atoms with van der Waals surface area (Å²) in [5.41, 5.74) is 7.84. The number of thiazole rings is 1. The molecule has 1 aliphatic rings. The Balaban J connectivity index is 0.00000261. The SMILES string of the molecule is COC(=O)Nc1ccc(CN=C(N)N2CCN(c3nccs3)CC2)cc1.I. The average Bonchev–Trinajstić information content (AvgIpc) is 3.22. The highest BCUT2D eigenvalue weighted by atomic mass is 127. The molecule has 3 N–H and O–H groups in total. The molecule has 0 atom stereocenters. The molecule has 0 spiro atoms. The number of guanidine groups is 1. The minimum absolute atomic E-state index is 0. The van der Waals surface area contributed by atoms with Crippen molar-refractivity contribution in [3.63, 3.8) is 0 Å². The van der Waals surface area contributed by atoms with Gasteiger partial charge in [0, 0.05) is 43.4 Å². The van der Waals surface area contributed by atoms with Crippen molar-refractivity contribution in [2.75, 3.05) is 43.5 Å². The molecule has 1 aromatic carbocycles. The summed E-state index contributed by atoms with van der Waals surface area (Å²) in [7, 11) is 1.33. The summed E-state index contributed by atoms with van der Waals surface area (Å²) in [6, 6.07) is 7.43. The van der Waals surface area contributed by atoms with Crippen molar-refractivity contribution in [3.05, 3.63) is 41.4 Å². The number of halogens is 1. The lowest BCUT2D eigenvalue weighted by Crippen LogP contribution is -2.51. The van der Waals surface area contributed by atoms with Crippen LogP contribution in [0.15, 0.2) is 40.8 Å². The van der Waals surface area contributed by atoms with Crippen LogP contribution in [0.3, 0.4) is 0 Å². The van der Waals surface area contributed by atoms with Gasteiger partial charge >= 0.3 is 6.09 Å². The number of carbonyl (C=O) groups excluding carboxylic acids is 1. The molecule has 1 aromatic heterocycles. The Labute approximate surface area is 179 Å². The van der Waals surface area contributed by atoms with Crippen molar-refractivity contribution in [1.82, 2.24) is 9.88 Å². The van der Waals surface area contributed by atoms with Gasteiger partial charge in [-0.15, -0.1) is 35.3 Å². The molecule has 1 amide bonds. The standard InChI is InChI=1S/C17H22N6O2S.HI/c1-25-17(24)21-14-4-2-13(3-5-14)12-20-15(18)22-7-9-23(10-8-22)16-19-6-11-26-16;/h2-6,11H,7-10,12H2,1H3,(H2,18,20)(H,21,24);1H. The van der Waals surface area contributed by atoms with Gasteiger partial charge in [-0.25, -0.2) is 14.8 Å². The Bertz CT molecular complexity index is 745. The lowest BCUT2D eigenvalue weighted by Gasteiger charge is -2.35. The van der Waals surface area contributed by atoms with Crippen molar-refractivity contribution in [1.29, 1.82) is 0 Å². The molecule has 0 bridgehead atoms. The van der Waals surface area contributed by atoms with E-state index in [4.69, 9.17) is 5.73 Å². The second-order valence-corrected chi connectivity index (χ2v) is 6.65. The van der Waals surface area contributed by atoms with Crippen LogP contribution in [0.25, 0.3) is 0 Å². The minimum atomic E-state index is -0.489. The first kappa shape index (κ1) is 21.2. The van der Waals surface area contributed by atoms with Crippen LogP contribution >= 0.6 is 35.3 Å². The van der Waals surface area contributed by atoms with Crippen molar-refractivity contribution >= 4 is 58.2 Å². The molecule has 0 saturated carbocycles. The molecular formula is C17H23IN6O2S. The monoisotopic (exact) mass is 502 g/mol. The number of nitrogens with zero attached hydrogens (tertiary/aromatic N) is 4. The van der Waals surface area contributed by atoms with Gasteiger partial charge < -0.3 is 20.3 Å². The van der Waals surface area contributed by atoms with Gasteiger partial charge in [-0.1, -0.05) is 12.1 Å². The van der Waals surface area contributed by atoms with Crippen molar-refractivity contribution in [2.24, 2.45) is 10.7 Å². The Kier molecular flexibility index (Phi) is 8.10. The highest BCUT2D eigenvalue weighted by Gasteiger charge is 2.19. The molecule has 27 heavy (non-hydrogen) atoms. The number of hydrogen-bond acceptors (Lipinski definition) is 6. The Morgan fingerprint density at radius 3 is 2.59 bits per heavy atom. The number of aromatic nitrogens is 1. The summed E-state index contributed by atoms with van der Waals surface area (Å²) >= 11 is 1.65. The molecule has 2 aromatic rings. The average molecular weight is 502 g/mol. The molecular weight excluding hydrogens is 479 g/mol. The number of amides is 1. The number of methoxy groups -OCH3 is 1. The second-order valence-electron chi connectivity index (χ2n) is 5.78. The Hall–Kier alpha value is -2.08. The van der Waals surface area contributed by atoms with E-state index in [-0.39, 0.29) is 24.0 Å². The first-order valence-corrected chi connectivity index (χ1v) is 9.17. The molecule has 2 heterocycles. The smallest absolute Gasteiger partial charge is 0.411 e. The molecule has 8 nitrogen and oxygen atoms in total. The van der Waals surface area contributed by atoms with Crippen LogP contribution in [-0.4, -0.2) is 55.2 Å². The second kappa shape index (κ2) is 10.3. The van der Waals surface area contributed by atoms with Crippen LogP contribution in [0.4, 0.5) is 15.6 Å². The summed E-state index contributed by atoms with van der Waals surface area (Å²) in [4.78, 5) is 24.4. The highest BCUT2D eigenvalue weighted by Crippen LogP contribution is 2.18. The number of nitrogens with one attached hydrogen (secondary N) is 1. The molecule has 10 heteroatoms. The molecule has 0 unspecified atom stereocenters. The fourth-order valence-electron chi connectivity index (χ4n) is 2.63. The maximum atomic E-state index is 11.2. The van der Waals surface area contributed by atoms with E-state index in [1.54, 1.807) is 11.3 Å². The molecule has 0 radical (unpaired) electrons. The van der Waals surface area contributed by atoms with Crippen LogP contribution in [0.5, 0.6) is 0 Å². The van der Waals surface area contributed by atoms with Gasteiger partial charge in [0.2, 0.25) is 0 Å². The Morgan fingerprint density at radius 1 is 1.30 bits per heavy atom. The first-order chi connectivity index (χ1) is 12.7. The van der Waals surface area contributed by atoms with Crippen molar-refractivity contribution < 1.29 is 9.53 Å². The number of ether oxygens (including phenoxy) is 1. The fraction of sp³-hybridized carbons (Fsp3) is 0.353. The zero-order valence-electron chi connectivity index (χ0n) is 15.0. The maximum absolute atomic E-state index is 11.2. The number of benzene rings is 1. The van der Waals surface area contributed by atoms with E-state index >= 15 is 0 Å². The van der Waals surface area contributed by atoms with Gasteiger partial charge in [-0.05, 0) is 17.7 Å². The van der Waals surface area contributed by atoms with Gasteiger partial charge in [-0.3, -0.25) is 5.32 Å². The third kappa shape index (κ3) is 5.96. The zero-order valence-corrected chi connectivity index (χ0v) is 18.1. The van der Waals surface area contributed by atoms with Crippen LogP contribution in [0, 0.1) is 0 Å². The maximum Gasteiger partial charge on any atom is 0.411 e. The van der Waals surface area contributed by atoms with E-state index in [0.29, 0.717) is 18.2 Å². The van der Waals surface area contributed by atoms with Gasteiger partial charge in [-0.2, -0.15) is 0 Å². The molecule has 1 fully saturated rings. The van der Waals surface area contributed by atoms with Crippen LogP contribution < -0.4 is 16.0 Å². The molecule has 1 aliphatic heterocycles. The van der Waals surface area contributed by atoms with Crippen LogP contribution in [0.2, 0.25) is 0 Å². The topological polar surface area (TPSA) is 96.1 Å². The van der Waals surface area contributed by atoms with Crippen molar-refractivity contribution in [2.45, 2.75) is 6.54 Å². The molecule has 0 aliphatic carbocycles. The van der Waals surface area contributed by atoms with Crippen LogP contribution in [-0.2, 0) is 11.3 Å². The number of aliphatic imine (C=N–C) groups is 1. The third-order valence-corrected chi connectivity index (χ3v) is 4.94. The summed E-state index contributed by atoms with van der Waals surface area (Å²) < 4.78 is 4.56. The number of hydrogen-bond donors (Lipinski definition) is 2. The molecule has 3 rings (SSSR count). The van der Waals surface area contributed by atoms with E-state index in [0.717, 1.165) is 36.9 Å².